The standard InChI is InChI=1S/C14H16F3NO/c1-3-18-9(2)14(17,13(15)16)11-5-4-10-6-7-19-12(10)8-11/h4-9,13,18H,3H2,1-2H3. The van der Waals surface area contributed by atoms with Gasteiger partial charge in [0.1, 0.15) is 5.58 Å². The third kappa shape index (κ3) is 2.34. The highest BCUT2D eigenvalue weighted by atomic mass is 19.3. The first-order chi connectivity index (χ1) is 9.00. The molecule has 5 heteroatoms. The number of alkyl halides is 3. The number of nitrogens with one attached hydrogen (secondary N) is 1. The maximum Gasteiger partial charge on any atom is 0.277 e. The summed E-state index contributed by atoms with van der Waals surface area (Å²) in [5.41, 5.74) is -2.40. The summed E-state index contributed by atoms with van der Waals surface area (Å²) in [6.45, 7) is 3.59. The summed E-state index contributed by atoms with van der Waals surface area (Å²) in [6, 6.07) is 5.02. The van der Waals surface area contributed by atoms with Crippen molar-refractivity contribution < 1.29 is 17.6 Å². The molecule has 0 amide bonds. The summed E-state index contributed by atoms with van der Waals surface area (Å²) in [5.74, 6) is 0. The van der Waals surface area contributed by atoms with Crippen molar-refractivity contribution in [2.45, 2.75) is 32.0 Å². The molecular formula is C14H16F3NO. The Morgan fingerprint density at radius 1 is 1.32 bits per heavy atom. The van der Waals surface area contributed by atoms with Gasteiger partial charge in [-0.25, -0.2) is 13.2 Å². The van der Waals surface area contributed by atoms with Gasteiger partial charge < -0.3 is 9.73 Å². The van der Waals surface area contributed by atoms with Gasteiger partial charge in [0.2, 0.25) is 5.67 Å². The second-order valence-corrected chi connectivity index (χ2v) is 4.52. The van der Waals surface area contributed by atoms with Crippen molar-refractivity contribution in [1.82, 2.24) is 5.32 Å². The monoisotopic (exact) mass is 271 g/mol. The molecule has 0 aliphatic carbocycles. The van der Waals surface area contributed by atoms with Crippen LogP contribution in [0.1, 0.15) is 19.4 Å². The van der Waals surface area contributed by atoms with Crippen LogP contribution in [0.4, 0.5) is 13.2 Å². The number of benzene rings is 1. The van der Waals surface area contributed by atoms with Gasteiger partial charge >= 0.3 is 0 Å². The second-order valence-electron chi connectivity index (χ2n) is 4.52. The third-order valence-electron chi connectivity index (χ3n) is 3.36. The summed E-state index contributed by atoms with van der Waals surface area (Å²) in [4.78, 5) is 0. The van der Waals surface area contributed by atoms with E-state index in [0.29, 0.717) is 12.1 Å². The first-order valence-electron chi connectivity index (χ1n) is 6.18. The van der Waals surface area contributed by atoms with Gasteiger partial charge in [0, 0.05) is 17.0 Å². The van der Waals surface area contributed by atoms with E-state index in [0.717, 1.165) is 5.39 Å². The van der Waals surface area contributed by atoms with Crippen molar-refractivity contribution in [2.24, 2.45) is 0 Å². The van der Waals surface area contributed by atoms with Crippen LogP contribution in [-0.2, 0) is 5.67 Å². The largest absolute Gasteiger partial charge is 0.464 e. The van der Waals surface area contributed by atoms with Crippen LogP contribution in [0.2, 0.25) is 0 Å². The van der Waals surface area contributed by atoms with Gasteiger partial charge in [-0.15, -0.1) is 0 Å². The van der Waals surface area contributed by atoms with E-state index in [1.807, 2.05) is 0 Å². The zero-order chi connectivity index (χ0) is 14.0. The van der Waals surface area contributed by atoms with Gasteiger partial charge in [-0.1, -0.05) is 19.1 Å². The quantitative estimate of drug-likeness (QED) is 0.893. The van der Waals surface area contributed by atoms with Crippen LogP contribution >= 0.6 is 0 Å². The maximum absolute atomic E-state index is 14.8. The molecule has 2 unspecified atom stereocenters. The number of rotatable bonds is 5. The van der Waals surface area contributed by atoms with E-state index in [9.17, 15) is 13.2 Å². The number of likely N-dealkylation sites (N-methyl/N-ethyl adjacent to an activating group) is 1. The van der Waals surface area contributed by atoms with Crippen molar-refractivity contribution in [3.8, 4) is 0 Å². The van der Waals surface area contributed by atoms with E-state index in [-0.39, 0.29) is 5.56 Å². The molecule has 1 heterocycles. The van der Waals surface area contributed by atoms with Gasteiger partial charge in [-0.05, 0) is 25.6 Å². The number of furan rings is 1. The molecule has 2 nitrogen and oxygen atoms in total. The Balaban J connectivity index is 2.47. The molecule has 2 rings (SSSR count). The molecule has 0 bridgehead atoms. The lowest BCUT2D eigenvalue weighted by molar-refractivity contribution is -0.0599. The van der Waals surface area contributed by atoms with E-state index in [2.05, 4.69) is 5.32 Å². The van der Waals surface area contributed by atoms with Gasteiger partial charge in [-0.2, -0.15) is 0 Å². The minimum atomic E-state index is -3.12. The van der Waals surface area contributed by atoms with E-state index in [4.69, 9.17) is 4.42 Å². The predicted molar refractivity (Wildman–Crippen MR) is 68.1 cm³/mol. The molecular weight excluding hydrogens is 255 g/mol. The maximum atomic E-state index is 14.8. The normalized spacial score (nSPS) is 16.7. The van der Waals surface area contributed by atoms with Crippen LogP contribution in [0.25, 0.3) is 11.0 Å². The van der Waals surface area contributed by atoms with Gasteiger partial charge in [0.15, 0.2) is 0 Å². The second kappa shape index (κ2) is 5.25. The Labute approximate surface area is 109 Å². The minimum absolute atomic E-state index is 0.0709. The molecule has 0 aliphatic heterocycles. The lowest BCUT2D eigenvalue weighted by Gasteiger charge is -2.31. The summed E-state index contributed by atoms with van der Waals surface area (Å²) in [6.07, 6.45) is -1.67. The number of halogens is 3. The Morgan fingerprint density at radius 3 is 2.68 bits per heavy atom. The van der Waals surface area contributed by atoms with Crippen molar-refractivity contribution in [3.05, 3.63) is 36.1 Å². The van der Waals surface area contributed by atoms with Crippen molar-refractivity contribution in [1.29, 1.82) is 0 Å². The van der Waals surface area contributed by atoms with E-state index < -0.39 is 18.1 Å². The Kier molecular flexibility index (Phi) is 3.85. The molecule has 1 aromatic carbocycles. The van der Waals surface area contributed by atoms with Crippen LogP contribution in [0.15, 0.2) is 34.9 Å². The molecule has 0 fully saturated rings. The predicted octanol–water partition coefficient (Wildman–Crippen LogP) is 3.86. The van der Waals surface area contributed by atoms with E-state index in [1.165, 1.54) is 25.3 Å². The van der Waals surface area contributed by atoms with Crippen LogP contribution < -0.4 is 5.32 Å². The molecule has 0 saturated heterocycles. The fourth-order valence-electron chi connectivity index (χ4n) is 2.21. The molecule has 19 heavy (non-hydrogen) atoms. The average molecular weight is 271 g/mol. The molecule has 2 atom stereocenters. The van der Waals surface area contributed by atoms with Crippen LogP contribution in [0.3, 0.4) is 0 Å². The van der Waals surface area contributed by atoms with Gasteiger partial charge in [0.25, 0.3) is 6.43 Å². The van der Waals surface area contributed by atoms with Crippen molar-refractivity contribution in [2.75, 3.05) is 6.54 Å². The number of fused-ring (bicyclic) bond motifs is 1. The minimum Gasteiger partial charge on any atom is -0.464 e. The fraction of sp³-hybridized carbons (Fsp3) is 0.429. The SMILES string of the molecule is CCNC(C)C(F)(c1ccc2ccoc2c1)C(F)F. The fourth-order valence-corrected chi connectivity index (χ4v) is 2.21. The number of hydrogen-bond acceptors (Lipinski definition) is 2. The summed E-state index contributed by atoms with van der Waals surface area (Å²) in [5, 5.41) is 3.48. The summed E-state index contributed by atoms with van der Waals surface area (Å²) >= 11 is 0. The molecule has 104 valence electrons. The van der Waals surface area contributed by atoms with E-state index >= 15 is 0 Å². The van der Waals surface area contributed by atoms with Crippen molar-refractivity contribution >= 4 is 11.0 Å². The van der Waals surface area contributed by atoms with Crippen molar-refractivity contribution in [3.63, 3.8) is 0 Å². The highest BCUT2D eigenvalue weighted by molar-refractivity contribution is 5.77. The Bertz CT molecular complexity index is 554. The topological polar surface area (TPSA) is 25.2 Å². The first-order valence-corrected chi connectivity index (χ1v) is 6.18. The molecule has 1 N–H and O–H groups in total. The zero-order valence-electron chi connectivity index (χ0n) is 10.8. The molecule has 1 aromatic heterocycles. The Hall–Kier alpha value is -1.49. The lowest BCUT2D eigenvalue weighted by Crippen LogP contribution is -2.48. The number of hydrogen-bond donors (Lipinski definition) is 1. The van der Waals surface area contributed by atoms with Crippen LogP contribution in [-0.4, -0.2) is 19.0 Å². The first kappa shape index (κ1) is 13.9. The molecule has 0 spiro atoms. The molecule has 0 radical (unpaired) electrons. The summed E-state index contributed by atoms with van der Waals surface area (Å²) < 4.78 is 46.4. The van der Waals surface area contributed by atoms with E-state index in [1.54, 1.807) is 19.1 Å². The molecule has 0 aliphatic rings. The lowest BCUT2D eigenvalue weighted by atomic mass is 9.88. The molecule has 2 aromatic rings. The third-order valence-corrected chi connectivity index (χ3v) is 3.36. The highest BCUT2D eigenvalue weighted by Gasteiger charge is 2.47. The van der Waals surface area contributed by atoms with Crippen LogP contribution in [0.5, 0.6) is 0 Å². The summed E-state index contributed by atoms with van der Waals surface area (Å²) in [7, 11) is 0. The van der Waals surface area contributed by atoms with Gasteiger partial charge in [0.05, 0.1) is 6.26 Å². The van der Waals surface area contributed by atoms with Gasteiger partial charge in [-0.3, -0.25) is 0 Å². The zero-order valence-corrected chi connectivity index (χ0v) is 10.8. The smallest absolute Gasteiger partial charge is 0.277 e. The average Bonchev–Trinajstić information content (AvgIpc) is 2.84. The Morgan fingerprint density at radius 2 is 2.05 bits per heavy atom. The molecule has 0 saturated carbocycles. The highest BCUT2D eigenvalue weighted by Crippen LogP contribution is 2.37. The van der Waals surface area contributed by atoms with Crippen LogP contribution in [0, 0.1) is 0 Å².